The maximum atomic E-state index is 10.6. The van der Waals surface area contributed by atoms with Crippen molar-refractivity contribution in [3.05, 3.63) is 36.7 Å². The summed E-state index contributed by atoms with van der Waals surface area (Å²) in [4.78, 5) is 4.17. The van der Waals surface area contributed by atoms with Crippen LogP contribution in [0.25, 0.3) is 0 Å². The molecule has 0 bridgehead atoms. The van der Waals surface area contributed by atoms with E-state index in [2.05, 4.69) is 41.9 Å². The lowest BCUT2D eigenvalue weighted by molar-refractivity contribution is 0.208. The van der Waals surface area contributed by atoms with Gasteiger partial charge in [0.1, 0.15) is 6.10 Å². The van der Waals surface area contributed by atoms with Crippen LogP contribution in [0.4, 0.5) is 0 Å². The van der Waals surface area contributed by atoms with Gasteiger partial charge in [-0.3, -0.25) is 4.68 Å². The Bertz CT molecular complexity index is 575. The second-order valence-corrected chi connectivity index (χ2v) is 7.86. The van der Waals surface area contributed by atoms with Crippen molar-refractivity contribution in [3.8, 4) is 0 Å². The molecule has 1 atom stereocenters. The minimum atomic E-state index is -0.663. The Kier molecular flexibility index (Phi) is 5.42. The predicted molar refractivity (Wildman–Crippen MR) is 89.3 cm³/mol. The highest BCUT2D eigenvalue weighted by Crippen LogP contribution is 2.36. The molecule has 0 saturated heterocycles. The molecular formula is C13H17Br2N3OS. The molecule has 0 amide bonds. The molecule has 2 rings (SSSR count). The fourth-order valence-corrected chi connectivity index (χ4v) is 3.93. The summed E-state index contributed by atoms with van der Waals surface area (Å²) in [6.07, 6.45) is 1.08. The van der Waals surface area contributed by atoms with Crippen molar-refractivity contribution in [1.29, 1.82) is 0 Å². The Morgan fingerprint density at radius 2 is 2.10 bits per heavy atom. The molecule has 20 heavy (non-hydrogen) atoms. The molecule has 2 aromatic rings. The highest BCUT2D eigenvalue weighted by atomic mass is 79.9. The van der Waals surface area contributed by atoms with Crippen molar-refractivity contribution < 1.29 is 5.11 Å². The Morgan fingerprint density at radius 1 is 1.40 bits per heavy atom. The molecule has 0 fully saturated rings. The molecule has 0 spiro atoms. The number of aryl methyl sites for hydroxylation is 1. The van der Waals surface area contributed by atoms with Crippen molar-refractivity contribution in [2.45, 2.75) is 19.6 Å². The maximum Gasteiger partial charge on any atom is 0.131 e. The van der Waals surface area contributed by atoms with Crippen molar-refractivity contribution in [3.63, 3.8) is 0 Å². The van der Waals surface area contributed by atoms with E-state index < -0.39 is 6.10 Å². The van der Waals surface area contributed by atoms with Crippen LogP contribution in [0.3, 0.4) is 0 Å². The Morgan fingerprint density at radius 3 is 2.65 bits per heavy atom. The second kappa shape index (κ2) is 6.70. The van der Waals surface area contributed by atoms with E-state index in [1.807, 2.05) is 31.8 Å². The predicted octanol–water partition coefficient (Wildman–Crippen LogP) is 3.42. The van der Waals surface area contributed by atoms with Gasteiger partial charge < -0.3 is 10.0 Å². The summed E-state index contributed by atoms with van der Waals surface area (Å²) in [6.45, 7) is 3.65. The zero-order valence-electron chi connectivity index (χ0n) is 11.6. The van der Waals surface area contributed by atoms with Crippen molar-refractivity contribution in [1.82, 2.24) is 14.7 Å². The molecule has 110 valence electrons. The lowest BCUT2D eigenvalue weighted by Crippen LogP contribution is -2.21. The van der Waals surface area contributed by atoms with Crippen LogP contribution in [0.5, 0.6) is 0 Å². The molecule has 0 radical (unpaired) electrons. The number of nitrogens with zero attached hydrogens (tertiary/aromatic N) is 3. The van der Waals surface area contributed by atoms with E-state index in [1.165, 1.54) is 0 Å². The number of likely N-dealkylation sites (N-methyl/N-ethyl adjacent to an activating group) is 1. The quantitative estimate of drug-likeness (QED) is 0.802. The Balaban J connectivity index is 2.29. The standard InChI is InChI=1S/C13H17Br2N3OS/c1-8-9(14)6-11(20-8)13(19)12-10(15)7-16-18(12)5-4-17(2)3/h6-7,13,19H,4-5H2,1-3H3. The number of thiophene rings is 1. The van der Waals surface area contributed by atoms with E-state index in [1.54, 1.807) is 17.5 Å². The highest BCUT2D eigenvalue weighted by Gasteiger charge is 2.22. The van der Waals surface area contributed by atoms with Crippen LogP contribution in [0.2, 0.25) is 0 Å². The van der Waals surface area contributed by atoms with Gasteiger partial charge in [-0.2, -0.15) is 5.10 Å². The molecule has 0 aliphatic heterocycles. The van der Waals surface area contributed by atoms with Crippen LogP contribution in [0.1, 0.15) is 21.6 Å². The Labute approximate surface area is 139 Å². The number of rotatable bonds is 5. The number of aliphatic hydroxyl groups excluding tert-OH is 1. The monoisotopic (exact) mass is 421 g/mol. The van der Waals surface area contributed by atoms with Crippen LogP contribution < -0.4 is 0 Å². The summed E-state index contributed by atoms with van der Waals surface area (Å²) in [5.41, 5.74) is 0.806. The van der Waals surface area contributed by atoms with Crippen LogP contribution in [-0.2, 0) is 6.54 Å². The van der Waals surface area contributed by atoms with Gasteiger partial charge in [-0.25, -0.2) is 0 Å². The number of halogens is 2. The zero-order valence-corrected chi connectivity index (χ0v) is 15.6. The van der Waals surface area contributed by atoms with Gasteiger partial charge in [0.25, 0.3) is 0 Å². The number of aromatic nitrogens is 2. The van der Waals surface area contributed by atoms with E-state index in [0.717, 1.165) is 37.5 Å². The molecular weight excluding hydrogens is 406 g/mol. The zero-order chi connectivity index (χ0) is 14.9. The fourth-order valence-electron chi connectivity index (χ4n) is 1.87. The van der Waals surface area contributed by atoms with E-state index >= 15 is 0 Å². The molecule has 1 N–H and O–H groups in total. The fraction of sp³-hybridized carbons (Fsp3) is 0.462. The van der Waals surface area contributed by atoms with Crippen molar-refractivity contribution in [2.75, 3.05) is 20.6 Å². The molecule has 0 aromatic carbocycles. The highest BCUT2D eigenvalue weighted by molar-refractivity contribution is 9.10. The van der Waals surface area contributed by atoms with Crippen molar-refractivity contribution >= 4 is 43.2 Å². The lowest BCUT2D eigenvalue weighted by Gasteiger charge is -2.15. The van der Waals surface area contributed by atoms with Crippen molar-refractivity contribution in [2.24, 2.45) is 0 Å². The minimum Gasteiger partial charge on any atom is -0.381 e. The summed E-state index contributed by atoms with van der Waals surface area (Å²) >= 11 is 8.57. The van der Waals surface area contributed by atoms with E-state index in [0.29, 0.717) is 0 Å². The van der Waals surface area contributed by atoms with Gasteiger partial charge in [0.05, 0.1) is 22.9 Å². The summed E-state index contributed by atoms with van der Waals surface area (Å²) < 4.78 is 3.73. The van der Waals surface area contributed by atoms with E-state index in [9.17, 15) is 5.11 Å². The molecule has 4 nitrogen and oxygen atoms in total. The molecule has 1 unspecified atom stereocenters. The third-order valence-corrected chi connectivity index (χ3v) is 5.80. The summed E-state index contributed by atoms with van der Waals surface area (Å²) in [6, 6.07) is 1.97. The van der Waals surface area contributed by atoms with Crippen LogP contribution in [-0.4, -0.2) is 40.4 Å². The van der Waals surface area contributed by atoms with E-state index in [-0.39, 0.29) is 0 Å². The lowest BCUT2D eigenvalue weighted by atomic mass is 10.2. The molecule has 2 heterocycles. The maximum absolute atomic E-state index is 10.6. The largest absolute Gasteiger partial charge is 0.381 e. The van der Waals surface area contributed by atoms with E-state index in [4.69, 9.17) is 0 Å². The third-order valence-electron chi connectivity index (χ3n) is 3.00. The molecule has 0 aliphatic carbocycles. The van der Waals surface area contributed by atoms with Gasteiger partial charge in [0, 0.05) is 20.8 Å². The molecule has 7 heteroatoms. The van der Waals surface area contributed by atoms with Crippen LogP contribution >= 0.6 is 43.2 Å². The number of aliphatic hydroxyl groups is 1. The summed E-state index contributed by atoms with van der Waals surface area (Å²) in [5.74, 6) is 0. The Hall–Kier alpha value is -0.210. The van der Waals surface area contributed by atoms with Gasteiger partial charge in [0.2, 0.25) is 0 Å². The smallest absolute Gasteiger partial charge is 0.131 e. The average molecular weight is 423 g/mol. The normalized spacial score (nSPS) is 13.2. The van der Waals surface area contributed by atoms with Gasteiger partial charge in [0.15, 0.2) is 0 Å². The summed E-state index contributed by atoms with van der Waals surface area (Å²) in [7, 11) is 4.04. The first-order chi connectivity index (χ1) is 9.40. The van der Waals surface area contributed by atoms with Gasteiger partial charge in [-0.1, -0.05) is 0 Å². The molecule has 0 saturated carbocycles. The first kappa shape index (κ1) is 16.2. The SMILES string of the molecule is Cc1sc(C(O)c2c(Br)cnn2CCN(C)C)cc1Br. The van der Waals surface area contributed by atoms with Crippen LogP contribution in [0, 0.1) is 6.92 Å². The minimum absolute atomic E-state index is 0.663. The first-order valence-electron chi connectivity index (χ1n) is 6.20. The molecule has 2 aromatic heterocycles. The van der Waals surface area contributed by atoms with Gasteiger partial charge in [-0.15, -0.1) is 11.3 Å². The molecule has 0 aliphatic rings. The third kappa shape index (κ3) is 3.51. The van der Waals surface area contributed by atoms with Crippen LogP contribution in [0.15, 0.2) is 21.2 Å². The van der Waals surface area contributed by atoms with Gasteiger partial charge >= 0.3 is 0 Å². The summed E-state index contributed by atoms with van der Waals surface area (Å²) in [5, 5.41) is 15.0. The first-order valence-corrected chi connectivity index (χ1v) is 8.60. The average Bonchev–Trinajstić information content (AvgIpc) is 2.90. The number of hydrogen-bond acceptors (Lipinski definition) is 4. The second-order valence-electron chi connectivity index (χ2n) is 4.86. The topological polar surface area (TPSA) is 41.3 Å². The van der Waals surface area contributed by atoms with Gasteiger partial charge in [-0.05, 0) is 58.9 Å². The number of hydrogen-bond donors (Lipinski definition) is 1.